The molecule has 0 saturated carbocycles. The van der Waals surface area contributed by atoms with E-state index in [2.05, 4.69) is 10.0 Å². The molecule has 0 heterocycles. The van der Waals surface area contributed by atoms with Gasteiger partial charge in [0.25, 0.3) is 15.9 Å². The number of aryl methyl sites for hydroxylation is 3. The van der Waals surface area contributed by atoms with Crippen LogP contribution in [0.1, 0.15) is 23.6 Å². The van der Waals surface area contributed by atoms with Gasteiger partial charge < -0.3 is 10.1 Å². The molecular formula is C24H26N2O4S. The van der Waals surface area contributed by atoms with Gasteiger partial charge in [-0.1, -0.05) is 37.3 Å². The fraction of sp³-hybridized carbons (Fsp3) is 0.208. The second-order valence-corrected chi connectivity index (χ2v) is 8.93. The van der Waals surface area contributed by atoms with Crippen molar-refractivity contribution in [1.29, 1.82) is 0 Å². The summed E-state index contributed by atoms with van der Waals surface area (Å²) in [7, 11) is -3.73. The minimum absolute atomic E-state index is 0.113. The van der Waals surface area contributed by atoms with E-state index < -0.39 is 10.0 Å². The molecule has 3 rings (SSSR count). The zero-order valence-electron chi connectivity index (χ0n) is 17.8. The predicted molar refractivity (Wildman–Crippen MR) is 123 cm³/mol. The molecule has 6 nitrogen and oxygen atoms in total. The number of rotatable bonds is 8. The van der Waals surface area contributed by atoms with Crippen LogP contribution in [0.4, 0.5) is 11.4 Å². The molecule has 0 bridgehead atoms. The largest absolute Gasteiger partial charge is 0.484 e. The van der Waals surface area contributed by atoms with Gasteiger partial charge >= 0.3 is 0 Å². The topological polar surface area (TPSA) is 84.5 Å². The van der Waals surface area contributed by atoms with E-state index in [0.29, 0.717) is 11.4 Å². The highest BCUT2D eigenvalue weighted by molar-refractivity contribution is 7.92. The first-order chi connectivity index (χ1) is 14.8. The number of carbonyl (C=O) groups is 1. The Hall–Kier alpha value is -3.32. The van der Waals surface area contributed by atoms with Crippen molar-refractivity contribution < 1.29 is 17.9 Å². The van der Waals surface area contributed by atoms with Gasteiger partial charge in [0.1, 0.15) is 5.75 Å². The number of benzene rings is 3. The molecule has 3 aromatic carbocycles. The second-order valence-electron chi connectivity index (χ2n) is 7.24. The molecule has 0 aliphatic carbocycles. The van der Waals surface area contributed by atoms with Gasteiger partial charge in [-0.25, -0.2) is 8.42 Å². The molecule has 0 aromatic heterocycles. The van der Waals surface area contributed by atoms with Crippen LogP contribution < -0.4 is 14.8 Å². The first-order valence-electron chi connectivity index (χ1n) is 9.99. The van der Waals surface area contributed by atoms with E-state index in [1.807, 2.05) is 57.2 Å². The van der Waals surface area contributed by atoms with Crippen LogP contribution in [-0.2, 0) is 21.2 Å². The lowest BCUT2D eigenvalue weighted by molar-refractivity contribution is -0.118. The Bertz CT molecular complexity index is 1170. The molecule has 162 valence electrons. The van der Waals surface area contributed by atoms with Crippen molar-refractivity contribution in [2.75, 3.05) is 16.6 Å². The number of ether oxygens (including phenoxy) is 1. The third-order valence-electron chi connectivity index (χ3n) is 4.81. The third-order valence-corrected chi connectivity index (χ3v) is 6.20. The SMILES string of the molecule is CCc1ccccc1NC(=O)COc1ccc(S(=O)(=O)Nc2cc(C)ccc2C)cc1. The molecule has 0 atom stereocenters. The standard InChI is InChI=1S/C24H26N2O4S/c1-4-19-7-5-6-8-22(19)25-24(27)16-30-20-11-13-21(14-12-20)31(28,29)26-23-15-17(2)9-10-18(23)3/h5-15,26H,4,16H2,1-3H3,(H,25,27). The summed E-state index contributed by atoms with van der Waals surface area (Å²) >= 11 is 0. The summed E-state index contributed by atoms with van der Waals surface area (Å²) in [6.45, 7) is 5.59. The lowest BCUT2D eigenvalue weighted by Crippen LogP contribution is -2.21. The van der Waals surface area contributed by atoms with Gasteiger partial charge in [0.2, 0.25) is 0 Å². The highest BCUT2D eigenvalue weighted by Crippen LogP contribution is 2.23. The van der Waals surface area contributed by atoms with Gasteiger partial charge in [-0.2, -0.15) is 0 Å². The van der Waals surface area contributed by atoms with E-state index in [4.69, 9.17) is 4.74 Å². The van der Waals surface area contributed by atoms with Gasteiger partial charge in [0.15, 0.2) is 6.61 Å². The van der Waals surface area contributed by atoms with Crippen molar-refractivity contribution in [2.24, 2.45) is 0 Å². The molecule has 31 heavy (non-hydrogen) atoms. The Morgan fingerprint density at radius 2 is 1.65 bits per heavy atom. The van der Waals surface area contributed by atoms with Crippen molar-refractivity contribution in [3.63, 3.8) is 0 Å². The fourth-order valence-electron chi connectivity index (χ4n) is 3.05. The molecule has 7 heteroatoms. The maximum absolute atomic E-state index is 12.7. The van der Waals surface area contributed by atoms with Crippen LogP contribution in [0, 0.1) is 13.8 Å². The summed E-state index contributed by atoms with van der Waals surface area (Å²) in [5.41, 5.74) is 4.15. The lowest BCUT2D eigenvalue weighted by Gasteiger charge is -2.12. The molecule has 1 amide bonds. The minimum atomic E-state index is -3.73. The highest BCUT2D eigenvalue weighted by Gasteiger charge is 2.16. The summed E-state index contributed by atoms with van der Waals surface area (Å²) in [6.07, 6.45) is 0.809. The fourth-order valence-corrected chi connectivity index (χ4v) is 4.17. The molecule has 0 fully saturated rings. The molecular weight excluding hydrogens is 412 g/mol. The van der Waals surface area contributed by atoms with E-state index >= 15 is 0 Å². The van der Waals surface area contributed by atoms with E-state index in [9.17, 15) is 13.2 Å². The normalized spacial score (nSPS) is 11.1. The zero-order valence-corrected chi connectivity index (χ0v) is 18.6. The lowest BCUT2D eigenvalue weighted by atomic mass is 10.1. The van der Waals surface area contributed by atoms with Crippen LogP contribution in [0.3, 0.4) is 0 Å². The van der Waals surface area contributed by atoms with Crippen LogP contribution in [0.5, 0.6) is 5.75 Å². The predicted octanol–water partition coefficient (Wildman–Crippen LogP) is 4.68. The van der Waals surface area contributed by atoms with Crippen molar-refractivity contribution in [1.82, 2.24) is 0 Å². The summed E-state index contributed by atoms with van der Waals surface area (Å²) in [5, 5.41) is 2.83. The molecule has 0 aliphatic rings. The number of sulfonamides is 1. The second kappa shape index (κ2) is 9.66. The summed E-state index contributed by atoms with van der Waals surface area (Å²) in [6, 6.07) is 19.2. The van der Waals surface area contributed by atoms with Gasteiger partial charge in [-0.05, 0) is 73.4 Å². The third kappa shape index (κ3) is 5.86. The van der Waals surface area contributed by atoms with Gasteiger partial charge in [-0.15, -0.1) is 0 Å². The highest BCUT2D eigenvalue weighted by atomic mass is 32.2. The van der Waals surface area contributed by atoms with Crippen molar-refractivity contribution >= 4 is 27.3 Å². The molecule has 0 saturated heterocycles. The molecule has 2 N–H and O–H groups in total. The Balaban J connectivity index is 1.62. The zero-order chi connectivity index (χ0) is 22.4. The van der Waals surface area contributed by atoms with Crippen LogP contribution >= 0.6 is 0 Å². The van der Waals surface area contributed by atoms with Crippen molar-refractivity contribution in [3.05, 3.63) is 83.4 Å². The average molecular weight is 439 g/mol. The molecule has 3 aromatic rings. The monoisotopic (exact) mass is 438 g/mol. The molecule has 0 unspecified atom stereocenters. The minimum Gasteiger partial charge on any atom is -0.484 e. The number of anilines is 2. The number of carbonyl (C=O) groups excluding carboxylic acids is 1. The van der Waals surface area contributed by atoms with Crippen LogP contribution in [0.2, 0.25) is 0 Å². The van der Waals surface area contributed by atoms with Gasteiger partial charge in [0.05, 0.1) is 10.6 Å². The van der Waals surface area contributed by atoms with E-state index in [-0.39, 0.29) is 17.4 Å². The smallest absolute Gasteiger partial charge is 0.262 e. The average Bonchev–Trinajstić information content (AvgIpc) is 2.75. The first kappa shape index (κ1) is 22.4. The van der Waals surface area contributed by atoms with Crippen LogP contribution in [0.25, 0.3) is 0 Å². The quantitative estimate of drug-likeness (QED) is 0.535. The number of nitrogens with one attached hydrogen (secondary N) is 2. The Labute approximate surface area is 183 Å². The maximum atomic E-state index is 12.7. The van der Waals surface area contributed by atoms with Crippen LogP contribution in [-0.4, -0.2) is 20.9 Å². The van der Waals surface area contributed by atoms with Crippen molar-refractivity contribution in [3.8, 4) is 5.75 Å². The molecule has 0 radical (unpaired) electrons. The Morgan fingerprint density at radius 3 is 2.35 bits per heavy atom. The van der Waals surface area contributed by atoms with E-state index in [1.165, 1.54) is 24.3 Å². The van der Waals surface area contributed by atoms with Gasteiger partial charge in [0, 0.05) is 5.69 Å². The number of hydrogen-bond acceptors (Lipinski definition) is 4. The molecule has 0 spiro atoms. The Kier molecular flexibility index (Phi) is 6.97. The molecule has 0 aliphatic heterocycles. The van der Waals surface area contributed by atoms with E-state index in [1.54, 1.807) is 6.07 Å². The summed E-state index contributed by atoms with van der Waals surface area (Å²) in [4.78, 5) is 12.3. The number of amides is 1. The number of para-hydroxylation sites is 1. The Morgan fingerprint density at radius 1 is 0.935 bits per heavy atom. The first-order valence-corrected chi connectivity index (χ1v) is 11.5. The van der Waals surface area contributed by atoms with Gasteiger partial charge in [-0.3, -0.25) is 9.52 Å². The summed E-state index contributed by atoms with van der Waals surface area (Å²) < 4.78 is 33.5. The van der Waals surface area contributed by atoms with Crippen LogP contribution in [0.15, 0.2) is 71.6 Å². The maximum Gasteiger partial charge on any atom is 0.262 e. The number of hydrogen-bond donors (Lipinski definition) is 2. The summed E-state index contributed by atoms with van der Waals surface area (Å²) in [5.74, 6) is 0.124. The van der Waals surface area contributed by atoms with E-state index in [0.717, 1.165) is 28.8 Å². The van der Waals surface area contributed by atoms with Crippen molar-refractivity contribution in [2.45, 2.75) is 32.1 Å².